The number of carbonyl (C=O) groups excluding carboxylic acids is 1. The van der Waals surface area contributed by atoms with Gasteiger partial charge in [0.2, 0.25) is 0 Å². The molecule has 2 heterocycles. The highest BCUT2D eigenvalue weighted by atomic mass is 32.2. The molecule has 0 aliphatic heterocycles. The summed E-state index contributed by atoms with van der Waals surface area (Å²) in [5, 5.41) is 11.8. The van der Waals surface area contributed by atoms with Crippen LogP contribution in [0.2, 0.25) is 0 Å². The summed E-state index contributed by atoms with van der Waals surface area (Å²) in [5.74, 6) is -0.121. The molecular formula is C21H25F3N6OS. The third kappa shape index (κ3) is 5.70. The van der Waals surface area contributed by atoms with Gasteiger partial charge in [-0.05, 0) is 26.0 Å². The number of nitrogens with one attached hydrogen (secondary N) is 2. The van der Waals surface area contributed by atoms with Crippen molar-refractivity contribution in [1.29, 1.82) is 0 Å². The monoisotopic (exact) mass is 466 g/mol. The number of hydrogen-bond donors (Lipinski definition) is 2. The van der Waals surface area contributed by atoms with Crippen LogP contribution < -0.4 is 10.6 Å². The number of rotatable bonds is 8. The lowest BCUT2D eigenvalue weighted by molar-refractivity contribution is -0.137. The van der Waals surface area contributed by atoms with Gasteiger partial charge >= 0.3 is 6.18 Å². The second kappa shape index (κ2) is 9.76. The number of carbonyl (C=O) groups is 1. The van der Waals surface area contributed by atoms with Crippen LogP contribution in [0.15, 0.2) is 35.6 Å². The molecule has 0 saturated carbocycles. The molecule has 3 rings (SSSR count). The summed E-state index contributed by atoms with van der Waals surface area (Å²) < 4.78 is 41.1. The fraction of sp³-hybridized carbons (Fsp3) is 0.429. The average molecular weight is 467 g/mol. The lowest BCUT2D eigenvalue weighted by atomic mass is 10.1. The molecule has 0 aliphatic rings. The van der Waals surface area contributed by atoms with E-state index in [1.807, 2.05) is 27.7 Å². The number of benzene rings is 1. The van der Waals surface area contributed by atoms with Crippen molar-refractivity contribution in [1.82, 2.24) is 25.1 Å². The van der Waals surface area contributed by atoms with Crippen molar-refractivity contribution in [2.24, 2.45) is 0 Å². The molecule has 0 saturated heterocycles. The van der Waals surface area contributed by atoms with Gasteiger partial charge in [0.25, 0.3) is 5.91 Å². The fourth-order valence-corrected chi connectivity index (χ4v) is 3.75. The van der Waals surface area contributed by atoms with Crippen molar-refractivity contribution < 1.29 is 18.0 Å². The van der Waals surface area contributed by atoms with E-state index in [0.717, 1.165) is 17.5 Å². The van der Waals surface area contributed by atoms with Gasteiger partial charge in [-0.25, -0.2) is 14.6 Å². The standard InChI is InChI=1S/C21H25F3N6OS/c1-12(2)27-17-15-11-26-30(18(15)29-20(28-17)32-13(3)4)10-9-25-19(31)14-7-5-6-8-16(14)21(22,23)24/h5-8,11-13H,9-10H2,1-4H3,(H,25,31)(H,27,28,29). The van der Waals surface area contributed by atoms with Crippen LogP contribution in [-0.2, 0) is 12.7 Å². The van der Waals surface area contributed by atoms with Crippen molar-refractivity contribution in [2.45, 2.75) is 56.9 Å². The highest BCUT2D eigenvalue weighted by Crippen LogP contribution is 2.32. The fourth-order valence-electron chi connectivity index (χ4n) is 3.04. The molecule has 2 aromatic heterocycles. The number of alkyl halides is 3. The van der Waals surface area contributed by atoms with Gasteiger partial charge in [-0.2, -0.15) is 18.3 Å². The normalized spacial score (nSPS) is 12.0. The Morgan fingerprint density at radius 2 is 1.88 bits per heavy atom. The average Bonchev–Trinajstić information content (AvgIpc) is 3.09. The third-order valence-corrected chi connectivity index (χ3v) is 5.19. The molecule has 0 bridgehead atoms. The predicted octanol–water partition coefficient (Wildman–Crippen LogP) is 4.60. The Morgan fingerprint density at radius 1 is 1.16 bits per heavy atom. The highest BCUT2D eigenvalue weighted by molar-refractivity contribution is 7.99. The van der Waals surface area contributed by atoms with Crippen LogP contribution in [0.25, 0.3) is 11.0 Å². The van der Waals surface area contributed by atoms with Gasteiger partial charge in [-0.3, -0.25) is 4.79 Å². The SMILES string of the molecule is CC(C)Nc1nc(SC(C)C)nc2c1cnn2CCNC(=O)c1ccccc1C(F)(F)F. The minimum atomic E-state index is -4.60. The number of halogens is 3. The minimum Gasteiger partial charge on any atom is -0.367 e. The molecule has 11 heteroatoms. The number of thioether (sulfide) groups is 1. The molecule has 0 unspecified atom stereocenters. The summed E-state index contributed by atoms with van der Waals surface area (Å²) in [5.41, 5.74) is -0.780. The first-order valence-corrected chi connectivity index (χ1v) is 11.1. The van der Waals surface area contributed by atoms with E-state index in [-0.39, 0.29) is 24.4 Å². The molecular weight excluding hydrogens is 441 g/mol. The maximum atomic E-state index is 13.2. The topological polar surface area (TPSA) is 84.7 Å². The lowest BCUT2D eigenvalue weighted by Gasteiger charge is -2.13. The number of nitrogens with zero attached hydrogens (tertiary/aromatic N) is 4. The van der Waals surface area contributed by atoms with Crippen molar-refractivity contribution in [3.63, 3.8) is 0 Å². The van der Waals surface area contributed by atoms with Crippen LogP contribution in [0.1, 0.15) is 43.6 Å². The van der Waals surface area contributed by atoms with Gasteiger partial charge in [0.1, 0.15) is 5.82 Å². The number of aromatic nitrogens is 4. The number of amides is 1. The number of fused-ring (bicyclic) bond motifs is 1. The number of hydrogen-bond acceptors (Lipinski definition) is 6. The van der Waals surface area contributed by atoms with Crippen LogP contribution >= 0.6 is 11.8 Å². The molecule has 3 aromatic rings. The van der Waals surface area contributed by atoms with Gasteiger partial charge in [0, 0.05) is 17.8 Å². The lowest BCUT2D eigenvalue weighted by Crippen LogP contribution is -2.29. The zero-order valence-corrected chi connectivity index (χ0v) is 19.0. The van der Waals surface area contributed by atoms with E-state index in [2.05, 4.69) is 25.7 Å². The Labute approximate surface area is 188 Å². The summed E-state index contributed by atoms with van der Waals surface area (Å²) in [7, 11) is 0. The Balaban J connectivity index is 1.79. The quantitative estimate of drug-likeness (QED) is 0.373. The van der Waals surface area contributed by atoms with Crippen LogP contribution in [-0.4, -0.2) is 43.5 Å². The summed E-state index contributed by atoms with van der Waals surface area (Å²) in [6, 6.07) is 4.86. The minimum absolute atomic E-state index is 0.0887. The first-order valence-electron chi connectivity index (χ1n) is 10.2. The molecule has 172 valence electrons. The predicted molar refractivity (Wildman–Crippen MR) is 119 cm³/mol. The van der Waals surface area contributed by atoms with Crippen molar-refractivity contribution in [3.05, 3.63) is 41.6 Å². The molecule has 0 atom stereocenters. The van der Waals surface area contributed by atoms with E-state index in [9.17, 15) is 18.0 Å². The van der Waals surface area contributed by atoms with Gasteiger partial charge in [0.15, 0.2) is 10.8 Å². The van der Waals surface area contributed by atoms with Crippen LogP contribution in [0.5, 0.6) is 0 Å². The maximum Gasteiger partial charge on any atom is 0.417 e. The molecule has 0 aliphatic carbocycles. The summed E-state index contributed by atoms with van der Waals surface area (Å²) in [6.07, 6.45) is -2.96. The Kier molecular flexibility index (Phi) is 7.27. The Bertz CT molecular complexity index is 1100. The molecule has 0 radical (unpaired) electrons. The van der Waals surface area contributed by atoms with Crippen molar-refractivity contribution in [2.75, 3.05) is 11.9 Å². The zero-order chi connectivity index (χ0) is 23.5. The smallest absolute Gasteiger partial charge is 0.367 e. The van der Waals surface area contributed by atoms with E-state index < -0.39 is 23.2 Å². The molecule has 0 fully saturated rings. The van der Waals surface area contributed by atoms with E-state index in [1.165, 1.54) is 23.9 Å². The van der Waals surface area contributed by atoms with Crippen molar-refractivity contribution in [3.8, 4) is 0 Å². The van der Waals surface area contributed by atoms with E-state index in [0.29, 0.717) is 16.6 Å². The van der Waals surface area contributed by atoms with Gasteiger partial charge < -0.3 is 10.6 Å². The molecule has 1 aromatic carbocycles. The van der Waals surface area contributed by atoms with Crippen molar-refractivity contribution >= 4 is 34.5 Å². The van der Waals surface area contributed by atoms with Gasteiger partial charge in [0.05, 0.1) is 29.3 Å². The van der Waals surface area contributed by atoms with E-state index >= 15 is 0 Å². The maximum absolute atomic E-state index is 13.2. The van der Waals surface area contributed by atoms with Crippen LogP contribution in [0.3, 0.4) is 0 Å². The molecule has 1 amide bonds. The van der Waals surface area contributed by atoms with Crippen LogP contribution in [0, 0.1) is 0 Å². The zero-order valence-electron chi connectivity index (χ0n) is 18.2. The van der Waals surface area contributed by atoms with Gasteiger partial charge in [-0.15, -0.1) is 0 Å². The van der Waals surface area contributed by atoms with Gasteiger partial charge in [-0.1, -0.05) is 37.7 Å². The van der Waals surface area contributed by atoms with E-state index in [1.54, 1.807) is 10.9 Å². The second-order valence-corrected chi connectivity index (χ2v) is 9.27. The summed E-state index contributed by atoms with van der Waals surface area (Å²) in [6.45, 7) is 8.42. The number of anilines is 1. The Hall–Kier alpha value is -2.82. The third-order valence-electron chi connectivity index (χ3n) is 4.33. The summed E-state index contributed by atoms with van der Waals surface area (Å²) >= 11 is 1.52. The molecule has 0 spiro atoms. The highest BCUT2D eigenvalue weighted by Gasteiger charge is 2.34. The Morgan fingerprint density at radius 3 is 2.53 bits per heavy atom. The first-order chi connectivity index (χ1) is 15.1. The van der Waals surface area contributed by atoms with Crippen LogP contribution in [0.4, 0.5) is 19.0 Å². The molecule has 2 N–H and O–H groups in total. The largest absolute Gasteiger partial charge is 0.417 e. The first kappa shape index (κ1) is 23.8. The second-order valence-electron chi connectivity index (χ2n) is 7.72. The molecule has 32 heavy (non-hydrogen) atoms. The molecule has 7 nitrogen and oxygen atoms in total. The summed E-state index contributed by atoms with van der Waals surface area (Å²) in [4.78, 5) is 21.6. The van der Waals surface area contributed by atoms with E-state index in [4.69, 9.17) is 0 Å².